The van der Waals surface area contributed by atoms with Gasteiger partial charge in [0.2, 0.25) is 0 Å². The van der Waals surface area contributed by atoms with Crippen LogP contribution in [0.15, 0.2) is 42.7 Å². The molecule has 2 aromatic rings. The molecule has 0 spiro atoms. The lowest BCUT2D eigenvalue weighted by atomic mass is 10.0. The van der Waals surface area contributed by atoms with Gasteiger partial charge in [-0.05, 0) is 36.2 Å². The summed E-state index contributed by atoms with van der Waals surface area (Å²) < 4.78 is 13.2. The van der Waals surface area contributed by atoms with Crippen molar-refractivity contribution in [1.29, 1.82) is 0 Å². The number of halogens is 1. The third-order valence-corrected chi connectivity index (χ3v) is 2.38. The van der Waals surface area contributed by atoms with Crippen LogP contribution in [-0.4, -0.2) is 10.1 Å². The van der Waals surface area contributed by atoms with E-state index < -0.39 is 6.10 Å². The van der Waals surface area contributed by atoms with Crippen molar-refractivity contribution in [3.05, 3.63) is 65.2 Å². The van der Waals surface area contributed by atoms with Gasteiger partial charge < -0.3 is 5.11 Å². The Morgan fingerprint density at radius 3 is 2.69 bits per heavy atom. The molecular weight excluding hydrogens is 205 g/mol. The first kappa shape index (κ1) is 10.8. The van der Waals surface area contributed by atoms with Crippen LogP contribution in [0.25, 0.3) is 0 Å². The molecule has 1 N–H and O–H groups in total. The van der Waals surface area contributed by atoms with Gasteiger partial charge in [0, 0.05) is 18.0 Å². The van der Waals surface area contributed by atoms with Gasteiger partial charge in [-0.25, -0.2) is 4.39 Å². The van der Waals surface area contributed by atoms with E-state index in [9.17, 15) is 9.50 Å². The zero-order chi connectivity index (χ0) is 11.5. The fraction of sp³-hybridized carbons (Fsp3) is 0.154. The summed E-state index contributed by atoms with van der Waals surface area (Å²) in [5.41, 5.74) is 2.00. The van der Waals surface area contributed by atoms with Crippen LogP contribution >= 0.6 is 0 Å². The maximum Gasteiger partial charge on any atom is 0.123 e. The molecule has 16 heavy (non-hydrogen) atoms. The van der Waals surface area contributed by atoms with Gasteiger partial charge in [0.25, 0.3) is 0 Å². The molecule has 0 aliphatic heterocycles. The summed E-state index contributed by atoms with van der Waals surface area (Å²) in [5, 5.41) is 10.0. The van der Waals surface area contributed by atoms with Crippen LogP contribution in [0.2, 0.25) is 0 Å². The molecule has 0 bridgehead atoms. The van der Waals surface area contributed by atoms with Crippen LogP contribution in [0, 0.1) is 12.7 Å². The number of hydrogen-bond acceptors (Lipinski definition) is 2. The number of hydrogen-bond donors (Lipinski definition) is 1. The van der Waals surface area contributed by atoms with Crippen molar-refractivity contribution in [2.45, 2.75) is 13.0 Å². The molecule has 1 aromatic heterocycles. The molecule has 0 aliphatic carbocycles. The maximum atomic E-state index is 13.2. The van der Waals surface area contributed by atoms with Gasteiger partial charge in [0.15, 0.2) is 0 Å². The predicted molar refractivity (Wildman–Crippen MR) is 59.4 cm³/mol. The minimum absolute atomic E-state index is 0.335. The van der Waals surface area contributed by atoms with Crippen molar-refractivity contribution < 1.29 is 9.50 Å². The average Bonchev–Trinajstić information content (AvgIpc) is 2.28. The van der Waals surface area contributed by atoms with Crippen LogP contribution in [0.4, 0.5) is 4.39 Å². The summed E-state index contributed by atoms with van der Waals surface area (Å²) in [6.07, 6.45) is 2.38. The van der Waals surface area contributed by atoms with Gasteiger partial charge in [-0.1, -0.05) is 12.1 Å². The summed E-state index contributed by atoms with van der Waals surface area (Å²) in [6, 6.07) is 8.04. The SMILES string of the molecule is Cc1cc(F)cc(C(O)c2cccnc2)c1. The summed E-state index contributed by atoms with van der Waals surface area (Å²) >= 11 is 0. The van der Waals surface area contributed by atoms with Crippen LogP contribution in [-0.2, 0) is 0 Å². The monoisotopic (exact) mass is 217 g/mol. The number of aryl methyl sites for hydroxylation is 1. The minimum Gasteiger partial charge on any atom is -0.384 e. The second kappa shape index (κ2) is 4.41. The first-order valence-corrected chi connectivity index (χ1v) is 5.02. The second-order valence-corrected chi connectivity index (χ2v) is 3.75. The number of aliphatic hydroxyl groups excluding tert-OH is 1. The number of nitrogens with zero attached hydrogens (tertiary/aromatic N) is 1. The number of aromatic nitrogens is 1. The van der Waals surface area contributed by atoms with Crippen molar-refractivity contribution in [1.82, 2.24) is 4.98 Å². The van der Waals surface area contributed by atoms with Crippen molar-refractivity contribution in [2.75, 3.05) is 0 Å². The Morgan fingerprint density at radius 1 is 1.25 bits per heavy atom. The third-order valence-electron chi connectivity index (χ3n) is 2.38. The standard InChI is InChI=1S/C13H12FNO/c1-9-5-11(7-12(14)6-9)13(16)10-3-2-4-15-8-10/h2-8,13,16H,1H3. The molecule has 0 saturated carbocycles. The highest BCUT2D eigenvalue weighted by Crippen LogP contribution is 2.22. The summed E-state index contributed by atoms with van der Waals surface area (Å²) in [7, 11) is 0. The van der Waals surface area contributed by atoms with E-state index in [2.05, 4.69) is 4.98 Å². The van der Waals surface area contributed by atoms with Gasteiger partial charge in [0.05, 0.1) is 0 Å². The molecule has 0 aliphatic rings. The second-order valence-electron chi connectivity index (χ2n) is 3.75. The topological polar surface area (TPSA) is 33.1 Å². The molecule has 0 saturated heterocycles. The van der Waals surface area contributed by atoms with E-state index in [4.69, 9.17) is 0 Å². The van der Waals surface area contributed by atoms with Gasteiger partial charge in [-0.3, -0.25) is 4.98 Å². The van der Waals surface area contributed by atoms with E-state index in [1.165, 1.54) is 12.1 Å². The highest BCUT2D eigenvalue weighted by Gasteiger charge is 2.11. The third kappa shape index (κ3) is 2.25. The Kier molecular flexibility index (Phi) is 2.97. The zero-order valence-electron chi connectivity index (χ0n) is 8.89. The molecule has 3 heteroatoms. The van der Waals surface area contributed by atoms with Gasteiger partial charge >= 0.3 is 0 Å². The largest absolute Gasteiger partial charge is 0.384 e. The Labute approximate surface area is 93.4 Å². The molecule has 1 atom stereocenters. The van der Waals surface area contributed by atoms with E-state index in [-0.39, 0.29) is 5.82 Å². The molecule has 82 valence electrons. The lowest BCUT2D eigenvalue weighted by molar-refractivity contribution is 0.219. The minimum atomic E-state index is -0.830. The van der Waals surface area contributed by atoms with Crippen LogP contribution in [0.3, 0.4) is 0 Å². The smallest absolute Gasteiger partial charge is 0.123 e. The first-order valence-electron chi connectivity index (χ1n) is 5.02. The number of rotatable bonds is 2. The average molecular weight is 217 g/mol. The molecule has 1 heterocycles. The van der Waals surface area contributed by atoms with E-state index in [0.717, 1.165) is 5.56 Å². The first-order chi connectivity index (χ1) is 7.66. The highest BCUT2D eigenvalue weighted by molar-refractivity contribution is 5.31. The normalized spacial score (nSPS) is 12.4. The predicted octanol–water partition coefficient (Wildman–Crippen LogP) is 2.61. The summed E-state index contributed by atoms with van der Waals surface area (Å²) in [4.78, 5) is 3.92. The van der Waals surface area contributed by atoms with Crippen molar-refractivity contribution in [2.24, 2.45) is 0 Å². The Morgan fingerprint density at radius 2 is 2.06 bits per heavy atom. The summed E-state index contributed by atoms with van der Waals surface area (Å²) in [5.74, 6) is -0.335. The van der Waals surface area contributed by atoms with Gasteiger partial charge in [0.1, 0.15) is 11.9 Å². The maximum absolute atomic E-state index is 13.2. The van der Waals surface area contributed by atoms with Crippen LogP contribution in [0.1, 0.15) is 22.8 Å². The van der Waals surface area contributed by atoms with E-state index >= 15 is 0 Å². The highest BCUT2D eigenvalue weighted by atomic mass is 19.1. The van der Waals surface area contributed by atoms with Crippen molar-refractivity contribution in [3.63, 3.8) is 0 Å². The van der Waals surface area contributed by atoms with E-state index in [1.807, 2.05) is 0 Å². The zero-order valence-corrected chi connectivity index (χ0v) is 8.89. The Balaban J connectivity index is 2.37. The number of benzene rings is 1. The molecule has 2 nitrogen and oxygen atoms in total. The van der Waals surface area contributed by atoms with Gasteiger partial charge in [-0.15, -0.1) is 0 Å². The summed E-state index contributed by atoms with van der Waals surface area (Å²) in [6.45, 7) is 1.79. The van der Waals surface area contributed by atoms with Gasteiger partial charge in [-0.2, -0.15) is 0 Å². The Hall–Kier alpha value is -1.74. The number of pyridine rings is 1. The molecular formula is C13H12FNO. The molecule has 1 aromatic carbocycles. The number of aliphatic hydroxyl groups is 1. The fourth-order valence-electron chi connectivity index (χ4n) is 1.65. The molecule has 0 radical (unpaired) electrons. The quantitative estimate of drug-likeness (QED) is 0.838. The molecule has 1 unspecified atom stereocenters. The molecule has 0 amide bonds. The fourth-order valence-corrected chi connectivity index (χ4v) is 1.65. The molecule has 2 rings (SSSR count). The van der Waals surface area contributed by atoms with Crippen molar-refractivity contribution >= 4 is 0 Å². The lowest BCUT2D eigenvalue weighted by Crippen LogP contribution is -2.01. The van der Waals surface area contributed by atoms with E-state index in [0.29, 0.717) is 11.1 Å². The Bertz CT molecular complexity index is 464. The van der Waals surface area contributed by atoms with E-state index in [1.54, 1.807) is 37.5 Å². The molecule has 0 fully saturated rings. The lowest BCUT2D eigenvalue weighted by Gasteiger charge is -2.11. The van der Waals surface area contributed by atoms with Crippen LogP contribution in [0.5, 0.6) is 0 Å². The van der Waals surface area contributed by atoms with Crippen molar-refractivity contribution in [3.8, 4) is 0 Å². The van der Waals surface area contributed by atoms with Crippen LogP contribution < -0.4 is 0 Å².